The van der Waals surface area contributed by atoms with E-state index in [0.717, 1.165) is 6.42 Å². The summed E-state index contributed by atoms with van der Waals surface area (Å²) in [4.78, 5) is 23.7. The van der Waals surface area contributed by atoms with E-state index in [0.29, 0.717) is 11.4 Å². The molecule has 2 N–H and O–H groups in total. The number of benzene rings is 1. The maximum atomic E-state index is 12.0. The molecule has 0 spiro atoms. The van der Waals surface area contributed by atoms with Crippen molar-refractivity contribution in [1.82, 2.24) is 5.32 Å². The largest absolute Gasteiger partial charge is 0.497 e. The van der Waals surface area contributed by atoms with Gasteiger partial charge in [0.2, 0.25) is 0 Å². The number of anilines is 1. The minimum Gasteiger partial charge on any atom is -0.497 e. The molecule has 0 aliphatic rings. The van der Waals surface area contributed by atoms with Crippen molar-refractivity contribution in [1.29, 1.82) is 0 Å². The molecule has 0 bridgehead atoms. The molecule has 2 atom stereocenters. The number of carbonyl (C=O) groups is 2. The molecule has 0 radical (unpaired) electrons. The summed E-state index contributed by atoms with van der Waals surface area (Å²) in [7, 11) is 2.88. The zero-order chi connectivity index (χ0) is 15.8. The van der Waals surface area contributed by atoms with Crippen LogP contribution in [0.4, 0.5) is 10.5 Å². The molecule has 0 saturated heterocycles. The second-order valence-electron chi connectivity index (χ2n) is 4.71. The molecule has 21 heavy (non-hydrogen) atoms. The molecule has 2 amide bonds. The second-order valence-corrected chi connectivity index (χ2v) is 4.71. The number of ether oxygens (including phenoxy) is 2. The Labute approximate surface area is 124 Å². The fourth-order valence-corrected chi connectivity index (χ4v) is 1.78. The summed E-state index contributed by atoms with van der Waals surface area (Å²) in [5.74, 6) is 0.237. The van der Waals surface area contributed by atoms with Gasteiger partial charge in [0, 0.05) is 5.69 Å². The number of nitrogens with one attached hydrogen (secondary N) is 2. The summed E-state index contributed by atoms with van der Waals surface area (Å²) >= 11 is 0. The van der Waals surface area contributed by atoms with E-state index in [1.807, 2.05) is 13.8 Å². The summed E-state index contributed by atoms with van der Waals surface area (Å²) in [6, 6.07) is 5.79. The van der Waals surface area contributed by atoms with Gasteiger partial charge in [0.1, 0.15) is 11.8 Å². The minimum atomic E-state index is -0.668. The topological polar surface area (TPSA) is 76.7 Å². The van der Waals surface area contributed by atoms with Gasteiger partial charge in [-0.3, -0.25) is 0 Å². The molecule has 116 valence electrons. The van der Waals surface area contributed by atoms with Crippen molar-refractivity contribution in [3.8, 4) is 5.75 Å². The van der Waals surface area contributed by atoms with Crippen molar-refractivity contribution in [2.45, 2.75) is 26.3 Å². The first-order chi connectivity index (χ1) is 10.0. The Hall–Kier alpha value is -2.24. The Morgan fingerprint density at radius 2 is 1.81 bits per heavy atom. The highest BCUT2D eigenvalue weighted by molar-refractivity contribution is 5.92. The van der Waals surface area contributed by atoms with Crippen molar-refractivity contribution < 1.29 is 19.1 Å². The Bertz CT molecular complexity index is 473. The van der Waals surface area contributed by atoms with Crippen LogP contribution in [0.3, 0.4) is 0 Å². The molecule has 0 fully saturated rings. The number of amides is 2. The first-order valence-electron chi connectivity index (χ1n) is 6.81. The fourth-order valence-electron chi connectivity index (χ4n) is 1.78. The lowest BCUT2D eigenvalue weighted by atomic mass is 9.99. The molecule has 0 saturated carbocycles. The third-order valence-corrected chi connectivity index (χ3v) is 3.30. The van der Waals surface area contributed by atoms with Crippen LogP contribution in [0.25, 0.3) is 0 Å². The average molecular weight is 294 g/mol. The van der Waals surface area contributed by atoms with Crippen molar-refractivity contribution >= 4 is 17.7 Å². The van der Waals surface area contributed by atoms with Crippen molar-refractivity contribution in [3.05, 3.63) is 24.3 Å². The smallest absolute Gasteiger partial charge is 0.328 e. The summed E-state index contributed by atoms with van der Waals surface area (Å²) in [6.45, 7) is 3.83. The number of esters is 1. The van der Waals surface area contributed by atoms with Crippen LogP contribution in [0, 0.1) is 5.92 Å². The Balaban J connectivity index is 2.66. The molecular formula is C15H22N2O4. The minimum absolute atomic E-state index is 0.0148. The van der Waals surface area contributed by atoms with Crippen LogP contribution in [0.15, 0.2) is 24.3 Å². The van der Waals surface area contributed by atoms with Crippen LogP contribution in [0.2, 0.25) is 0 Å². The molecule has 6 nitrogen and oxygen atoms in total. The van der Waals surface area contributed by atoms with Crippen molar-refractivity contribution in [2.75, 3.05) is 19.5 Å². The van der Waals surface area contributed by atoms with E-state index >= 15 is 0 Å². The number of rotatable bonds is 6. The zero-order valence-electron chi connectivity index (χ0n) is 12.8. The fraction of sp³-hybridized carbons (Fsp3) is 0.467. The highest BCUT2D eigenvalue weighted by atomic mass is 16.5. The third kappa shape index (κ3) is 4.98. The Morgan fingerprint density at radius 1 is 1.19 bits per heavy atom. The number of hydrogen-bond donors (Lipinski definition) is 2. The summed E-state index contributed by atoms with van der Waals surface area (Å²) < 4.78 is 9.76. The van der Waals surface area contributed by atoms with Crippen LogP contribution < -0.4 is 15.4 Å². The highest BCUT2D eigenvalue weighted by Gasteiger charge is 2.26. The van der Waals surface area contributed by atoms with E-state index in [1.165, 1.54) is 7.11 Å². The standard InChI is InChI=1S/C15H22N2O4/c1-5-10(2)13(14(18)21-4)17-15(19)16-11-6-8-12(20-3)9-7-11/h6-10,13H,5H2,1-4H3,(H2,16,17,19)/t10-,13+/m0/s1. The van der Waals surface area contributed by atoms with Crippen LogP contribution in [0.1, 0.15) is 20.3 Å². The lowest BCUT2D eigenvalue weighted by Gasteiger charge is -2.22. The quantitative estimate of drug-likeness (QED) is 0.790. The molecule has 6 heteroatoms. The predicted octanol–water partition coefficient (Wildman–Crippen LogP) is 2.40. The van der Waals surface area contributed by atoms with Gasteiger partial charge in [-0.25, -0.2) is 9.59 Å². The molecule has 0 aliphatic carbocycles. The molecule has 0 unspecified atom stereocenters. The first kappa shape index (κ1) is 16.8. The van der Waals surface area contributed by atoms with E-state index in [4.69, 9.17) is 9.47 Å². The summed E-state index contributed by atoms with van der Waals surface area (Å²) in [5.41, 5.74) is 0.612. The number of urea groups is 1. The SMILES string of the molecule is CC[C@H](C)[C@@H](NC(=O)Nc1ccc(OC)cc1)C(=O)OC. The van der Waals surface area contributed by atoms with E-state index in [1.54, 1.807) is 31.4 Å². The van der Waals surface area contributed by atoms with Crippen molar-refractivity contribution in [3.63, 3.8) is 0 Å². The van der Waals surface area contributed by atoms with Crippen LogP contribution in [0.5, 0.6) is 5.75 Å². The van der Waals surface area contributed by atoms with Crippen molar-refractivity contribution in [2.24, 2.45) is 5.92 Å². The highest BCUT2D eigenvalue weighted by Crippen LogP contribution is 2.15. The second kappa shape index (κ2) is 8.14. The van der Waals surface area contributed by atoms with Gasteiger partial charge in [-0.1, -0.05) is 20.3 Å². The van der Waals surface area contributed by atoms with Gasteiger partial charge in [0.25, 0.3) is 0 Å². The first-order valence-corrected chi connectivity index (χ1v) is 6.81. The van der Waals surface area contributed by atoms with Gasteiger partial charge in [-0.05, 0) is 30.2 Å². The molecular weight excluding hydrogens is 272 g/mol. The van der Waals surface area contributed by atoms with E-state index in [2.05, 4.69) is 10.6 Å². The molecule has 1 rings (SSSR count). The molecule has 0 heterocycles. The van der Waals surface area contributed by atoms with Gasteiger partial charge in [0.05, 0.1) is 14.2 Å². The van der Waals surface area contributed by atoms with Gasteiger partial charge >= 0.3 is 12.0 Å². The van der Waals surface area contributed by atoms with Gasteiger partial charge in [-0.15, -0.1) is 0 Å². The molecule has 0 aromatic heterocycles. The lowest BCUT2D eigenvalue weighted by molar-refractivity contribution is -0.144. The number of hydrogen-bond acceptors (Lipinski definition) is 4. The number of methoxy groups -OCH3 is 2. The van der Waals surface area contributed by atoms with E-state index < -0.39 is 18.0 Å². The normalized spacial score (nSPS) is 13.0. The van der Waals surface area contributed by atoms with Crippen LogP contribution >= 0.6 is 0 Å². The monoisotopic (exact) mass is 294 g/mol. The van der Waals surface area contributed by atoms with Gasteiger partial charge < -0.3 is 20.1 Å². The van der Waals surface area contributed by atoms with Gasteiger partial charge in [0.15, 0.2) is 0 Å². The maximum absolute atomic E-state index is 12.0. The van der Waals surface area contributed by atoms with E-state index in [9.17, 15) is 9.59 Å². The summed E-state index contributed by atoms with van der Waals surface area (Å²) in [5, 5.41) is 5.31. The summed E-state index contributed by atoms with van der Waals surface area (Å²) in [6.07, 6.45) is 0.753. The number of carbonyl (C=O) groups excluding carboxylic acids is 2. The Kier molecular flexibility index (Phi) is 6.52. The molecule has 1 aromatic carbocycles. The van der Waals surface area contributed by atoms with Gasteiger partial charge in [-0.2, -0.15) is 0 Å². The average Bonchev–Trinajstić information content (AvgIpc) is 2.51. The third-order valence-electron chi connectivity index (χ3n) is 3.30. The molecule has 1 aromatic rings. The lowest BCUT2D eigenvalue weighted by Crippen LogP contribution is -2.47. The predicted molar refractivity (Wildman–Crippen MR) is 80.4 cm³/mol. The van der Waals surface area contributed by atoms with Crippen LogP contribution in [-0.2, 0) is 9.53 Å². The van der Waals surface area contributed by atoms with E-state index in [-0.39, 0.29) is 5.92 Å². The zero-order valence-corrected chi connectivity index (χ0v) is 12.8. The van der Waals surface area contributed by atoms with Crippen LogP contribution in [-0.4, -0.2) is 32.3 Å². The maximum Gasteiger partial charge on any atom is 0.328 e. The Morgan fingerprint density at radius 3 is 2.29 bits per heavy atom. The molecule has 0 aliphatic heterocycles.